The summed E-state index contributed by atoms with van der Waals surface area (Å²) in [5.74, 6) is 0.999. The van der Waals surface area contributed by atoms with E-state index in [4.69, 9.17) is 0 Å². The fourth-order valence-electron chi connectivity index (χ4n) is 14.8. The van der Waals surface area contributed by atoms with Gasteiger partial charge in [0.15, 0.2) is 0 Å². The number of hydrogen-bond donors (Lipinski definition) is 0. The average molecular weight is 724 g/mol. The van der Waals surface area contributed by atoms with Gasteiger partial charge in [-0.1, -0.05) is 87.6 Å². The fourth-order valence-corrected chi connectivity index (χ4v) is 16.1. The fraction of sp³-hybridized carbons (Fsp3) is 0.833. The maximum absolute atomic E-state index is 3.88. The molecule has 8 aliphatic carbocycles. The zero-order valence-electron chi connectivity index (χ0n) is 25.1. The van der Waals surface area contributed by atoms with E-state index in [-0.39, 0.29) is 0 Å². The van der Waals surface area contributed by atoms with Crippen LogP contribution in [0.4, 0.5) is 0 Å². The van der Waals surface area contributed by atoms with E-state index in [2.05, 4.69) is 87.6 Å². The largest absolute Gasteiger partial charge is 0.0924 e. The third-order valence-corrected chi connectivity index (χ3v) is 14.6. The van der Waals surface area contributed by atoms with Crippen molar-refractivity contribution in [3.63, 3.8) is 0 Å². The molecule has 0 amide bonds. The minimum atomic E-state index is 0.370. The molecule has 1 aromatic rings. The van der Waals surface area contributed by atoms with Gasteiger partial charge in [0.25, 0.3) is 0 Å². The van der Waals surface area contributed by atoms with Crippen LogP contribution in [0.1, 0.15) is 127 Å². The minimum Gasteiger partial charge on any atom is -0.0924 e. The van der Waals surface area contributed by atoms with Crippen LogP contribution in [0.5, 0.6) is 0 Å². The first-order valence-corrected chi connectivity index (χ1v) is 19.5. The second-order valence-electron chi connectivity index (χ2n) is 17.7. The quantitative estimate of drug-likeness (QED) is 0.234. The molecule has 0 saturated heterocycles. The lowest BCUT2D eigenvalue weighted by Gasteiger charge is -2.78. The number of alkyl halides is 3. The molecule has 216 valence electrons. The Bertz CT molecular complexity index is 1130. The van der Waals surface area contributed by atoms with E-state index in [1.165, 1.54) is 64.2 Å². The maximum atomic E-state index is 3.88. The van der Waals surface area contributed by atoms with Crippen molar-refractivity contribution in [2.24, 2.45) is 38.4 Å². The average Bonchev–Trinajstić information content (AvgIpc) is 2.76. The molecule has 0 spiro atoms. The lowest BCUT2D eigenvalue weighted by atomic mass is 9.26. The second kappa shape index (κ2) is 9.09. The minimum absolute atomic E-state index is 0.370. The monoisotopic (exact) mass is 720 g/mol. The third kappa shape index (κ3) is 4.32. The zero-order valence-corrected chi connectivity index (χ0v) is 29.9. The Balaban J connectivity index is 1.39. The molecule has 0 nitrogen and oxygen atoms in total. The number of aryl methyl sites for hydroxylation is 3. The highest BCUT2D eigenvalue weighted by molar-refractivity contribution is 9.09. The highest BCUT2D eigenvalue weighted by Gasteiger charge is 2.74. The topological polar surface area (TPSA) is 0 Å². The molecule has 8 aliphatic rings. The Morgan fingerprint density at radius 1 is 0.538 bits per heavy atom. The number of hydrogen-bond acceptors (Lipinski definition) is 0. The van der Waals surface area contributed by atoms with Gasteiger partial charge in [-0.3, -0.25) is 0 Å². The van der Waals surface area contributed by atoms with E-state index < -0.39 is 0 Å². The first-order chi connectivity index (χ1) is 18.3. The molecule has 0 radical (unpaired) electrons. The summed E-state index contributed by atoms with van der Waals surface area (Å²) in [5.41, 5.74) is 10.4. The van der Waals surface area contributed by atoms with Gasteiger partial charge in [0.05, 0.1) is 0 Å². The molecule has 8 saturated carbocycles. The summed E-state index contributed by atoms with van der Waals surface area (Å²) in [6.07, 6.45) is 21.6. The van der Waals surface area contributed by atoms with Crippen molar-refractivity contribution in [3.05, 3.63) is 34.4 Å². The van der Waals surface area contributed by atoms with Crippen LogP contribution in [0.15, 0.2) is 12.1 Å². The van der Waals surface area contributed by atoms with Gasteiger partial charge >= 0.3 is 0 Å². The van der Waals surface area contributed by atoms with Crippen LogP contribution in [0, 0.1) is 38.4 Å². The van der Waals surface area contributed by atoms with Crippen molar-refractivity contribution < 1.29 is 0 Å². The molecule has 8 bridgehead atoms. The van der Waals surface area contributed by atoms with Crippen LogP contribution in [0.25, 0.3) is 0 Å². The van der Waals surface area contributed by atoms with E-state index in [0.29, 0.717) is 37.9 Å². The van der Waals surface area contributed by atoms with Gasteiger partial charge in [-0.05, 0) is 162 Å². The van der Waals surface area contributed by atoms with Crippen molar-refractivity contribution in [1.82, 2.24) is 0 Å². The molecule has 0 heterocycles. The Labute approximate surface area is 264 Å². The Kier molecular flexibility index (Phi) is 6.63. The van der Waals surface area contributed by atoms with E-state index >= 15 is 0 Å². The van der Waals surface area contributed by atoms with Crippen LogP contribution in [0.3, 0.4) is 0 Å². The molecule has 8 fully saturated rings. The first-order valence-electron chi connectivity index (χ1n) is 16.2. The standard InChI is InChI=1S/C36H51Br3/c1-30-13-25-14-31(2,16-30)21-35(15-25,20-30)36-22-32(3)17-33(4,23-36)19-34(18-32,24-36)29-12-27(6-9-38)26(5-8-37)11-28(29)7-10-39/h11-12,25H,5-10,13-24H2,1-4H3. The zero-order chi connectivity index (χ0) is 27.5. The maximum Gasteiger partial charge on any atom is 0.00719 e. The highest BCUT2D eigenvalue weighted by atomic mass is 79.9. The smallest absolute Gasteiger partial charge is 0.00719 e. The molecule has 0 N–H and O–H groups in total. The summed E-state index contributed by atoms with van der Waals surface area (Å²) in [4.78, 5) is 0. The van der Waals surface area contributed by atoms with Crippen LogP contribution in [0.2, 0.25) is 0 Å². The normalized spacial score (nSPS) is 49.3. The van der Waals surface area contributed by atoms with Crippen molar-refractivity contribution in [1.29, 1.82) is 0 Å². The van der Waals surface area contributed by atoms with Gasteiger partial charge in [-0.15, -0.1) is 0 Å². The van der Waals surface area contributed by atoms with Crippen LogP contribution >= 0.6 is 47.8 Å². The Hall–Kier alpha value is 0.660. The summed E-state index contributed by atoms with van der Waals surface area (Å²) in [5, 5.41) is 3.19. The van der Waals surface area contributed by atoms with Gasteiger partial charge in [0.2, 0.25) is 0 Å². The number of rotatable bonds is 8. The van der Waals surface area contributed by atoms with Crippen LogP contribution in [-0.4, -0.2) is 16.0 Å². The number of benzene rings is 1. The summed E-state index contributed by atoms with van der Waals surface area (Å²) in [6.45, 7) is 10.9. The molecule has 39 heavy (non-hydrogen) atoms. The van der Waals surface area contributed by atoms with Crippen LogP contribution < -0.4 is 0 Å². The molecule has 4 unspecified atom stereocenters. The SMILES string of the molecule is CC12CC3CC(C)(C1)CC(C14CC5(C)CC(C)(CC(c6cc(CCBr)c(CCBr)cc6CCBr)(C5)C1)C4)(C3)C2. The van der Waals surface area contributed by atoms with Gasteiger partial charge < -0.3 is 0 Å². The van der Waals surface area contributed by atoms with Gasteiger partial charge in [-0.25, -0.2) is 0 Å². The summed E-state index contributed by atoms with van der Waals surface area (Å²) >= 11 is 11.5. The van der Waals surface area contributed by atoms with Crippen molar-refractivity contribution in [2.75, 3.05) is 16.0 Å². The number of halogens is 3. The van der Waals surface area contributed by atoms with Crippen LogP contribution in [-0.2, 0) is 24.7 Å². The lowest BCUT2D eigenvalue weighted by Crippen LogP contribution is -2.69. The molecule has 1 aromatic carbocycles. The predicted molar refractivity (Wildman–Crippen MR) is 177 cm³/mol. The molecule has 4 atom stereocenters. The predicted octanol–water partition coefficient (Wildman–Crippen LogP) is 11.1. The van der Waals surface area contributed by atoms with Crippen molar-refractivity contribution in [2.45, 2.75) is 129 Å². The molecule has 0 aromatic heterocycles. The van der Waals surface area contributed by atoms with Crippen molar-refractivity contribution >= 4 is 47.8 Å². The molecule has 9 rings (SSSR count). The van der Waals surface area contributed by atoms with E-state index in [0.717, 1.165) is 34.7 Å². The third-order valence-electron chi connectivity index (χ3n) is 13.4. The molecular weight excluding hydrogens is 672 g/mol. The lowest BCUT2D eigenvalue weighted by molar-refractivity contribution is -0.270. The van der Waals surface area contributed by atoms with E-state index in [9.17, 15) is 0 Å². The summed E-state index contributed by atoms with van der Waals surface area (Å²) in [7, 11) is 0. The van der Waals surface area contributed by atoms with Gasteiger partial charge in [0, 0.05) is 16.0 Å². The molecule has 0 aliphatic heterocycles. The van der Waals surface area contributed by atoms with Gasteiger partial charge in [-0.2, -0.15) is 0 Å². The summed E-state index contributed by atoms with van der Waals surface area (Å²) < 4.78 is 0. The highest BCUT2D eigenvalue weighted by Crippen LogP contribution is 2.83. The molecular formula is C36H51Br3. The Morgan fingerprint density at radius 3 is 1.56 bits per heavy atom. The second-order valence-corrected chi connectivity index (χ2v) is 20.1. The van der Waals surface area contributed by atoms with Gasteiger partial charge in [0.1, 0.15) is 0 Å². The van der Waals surface area contributed by atoms with Crippen molar-refractivity contribution in [3.8, 4) is 0 Å². The molecule has 3 heteroatoms. The van der Waals surface area contributed by atoms with E-state index in [1.54, 1.807) is 41.5 Å². The van der Waals surface area contributed by atoms with E-state index in [1.807, 2.05) is 0 Å². The Morgan fingerprint density at radius 2 is 1.03 bits per heavy atom. The first kappa shape index (κ1) is 28.4. The summed E-state index contributed by atoms with van der Waals surface area (Å²) in [6, 6.07) is 5.44.